The van der Waals surface area contributed by atoms with Crippen LogP contribution < -0.4 is 19.9 Å². The Morgan fingerprint density at radius 3 is 2.45 bits per heavy atom. The zero-order valence-electron chi connectivity index (χ0n) is 18.9. The quantitative estimate of drug-likeness (QED) is 0.699. The SMILES string of the molecule is CCC(CC)NC(=O)C1CN(CC(=O)N(CC)c2ccccc2C)c2ccccc2O1. The van der Waals surface area contributed by atoms with E-state index in [-0.39, 0.29) is 24.4 Å². The van der Waals surface area contributed by atoms with Gasteiger partial charge in [0.05, 0.1) is 18.8 Å². The van der Waals surface area contributed by atoms with Crippen LogP contribution in [0.15, 0.2) is 48.5 Å². The monoisotopic (exact) mass is 423 g/mol. The Labute approximate surface area is 185 Å². The third-order valence-electron chi connectivity index (χ3n) is 5.84. The van der Waals surface area contributed by atoms with Gasteiger partial charge in [-0.15, -0.1) is 0 Å². The molecule has 0 spiro atoms. The van der Waals surface area contributed by atoms with Gasteiger partial charge < -0.3 is 19.9 Å². The minimum absolute atomic E-state index is 0.00680. The highest BCUT2D eigenvalue weighted by Gasteiger charge is 2.33. The molecule has 0 bridgehead atoms. The third kappa shape index (κ3) is 5.19. The van der Waals surface area contributed by atoms with E-state index in [1.54, 1.807) is 4.90 Å². The molecule has 0 fully saturated rings. The molecule has 0 aromatic heterocycles. The lowest BCUT2D eigenvalue weighted by molar-refractivity contribution is -0.129. The Morgan fingerprint density at radius 1 is 1.10 bits per heavy atom. The molecule has 166 valence electrons. The number of carbonyl (C=O) groups excluding carboxylic acids is 2. The molecule has 1 atom stereocenters. The van der Waals surface area contributed by atoms with E-state index in [4.69, 9.17) is 4.74 Å². The fourth-order valence-electron chi connectivity index (χ4n) is 3.98. The van der Waals surface area contributed by atoms with Crippen molar-refractivity contribution in [2.75, 3.05) is 29.4 Å². The van der Waals surface area contributed by atoms with Crippen LogP contribution in [0.3, 0.4) is 0 Å². The van der Waals surface area contributed by atoms with Crippen LogP contribution in [0.2, 0.25) is 0 Å². The maximum atomic E-state index is 13.3. The number of likely N-dealkylation sites (N-methyl/N-ethyl adjacent to an activating group) is 1. The normalized spacial score (nSPS) is 15.3. The van der Waals surface area contributed by atoms with Crippen molar-refractivity contribution in [3.63, 3.8) is 0 Å². The van der Waals surface area contributed by atoms with E-state index in [1.165, 1.54) is 0 Å². The summed E-state index contributed by atoms with van der Waals surface area (Å²) in [6, 6.07) is 15.6. The number of rotatable bonds is 8. The van der Waals surface area contributed by atoms with Gasteiger partial charge in [-0.25, -0.2) is 0 Å². The van der Waals surface area contributed by atoms with Gasteiger partial charge in [0.1, 0.15) is 5.75 Å². The summed E-state index contributed by atoms with van der Waals surface area (Å²) in [5, 5.41) is 3.07. The van der Waals surface area contributed by atoms with Crippen molar-refractivity contribution < 1.29 is 14.3 Å². The molecule has 1 heterocycles. The maximum absolute atomic E-state index is 13.3. The predicted octanol–water partition coefficient (Wildman–Crippen LogP) is 3.92. The van der Waals surface area contributed by atoms with Gasteiger partial charge in [-0.3, -0.25) is 9.59 Å². The smallest absolute Gasteiger partial charge is 0.263 e. The molecule has 0 saturated carbocycles. The molecule has 1 aliphatic heterocycles. The Hall–Kier alpha value is -3.02. The van der Waals surface area contributed by atoms with Crippen molar-refractivity contribution in [3.05, 3.63) is 54.1 Å². The number of nitrogens with zero attached hydrogens (tertiary/aromatic N) is 2. The largest absolute Gasteiger partial charge is 0.477 e. The number of hydrogen-bond acceptors (Lipinski definition) is 4. The molecular weight excluding hydrogens is 390 g/mol. The first-order valence-corrected chi connectivity index (χ1v) is 11.1. The van der Waals surface area contributed by atoms with Crippen molar-refractivity contribution in [2.24, 2.45) is 0 Å². The van der Waals surface area contributed by atoms with E-state index in [0.29, 0.717) is 18.8 Å². The van der Waals surface area contributed by atoms with Gasteiger partial charge in [-0.05, 0) is 50.5 Å². The summed E-state index contributed by atoms with van der Waals surface area (Å²) in [6.45, 7) is 9.19. The number of anilines is 2. The molecule has 1 N–H and O–H groups in total. The molecule has 0 radical (unpaired) electrons. The van der Waals surface area contributed by atoms with E-state index in [2.05, 4.69) is 19.2 Å². The zero-order valence-corrected chi connectivity index (χ0v) is 18.9. The number of amides is 2. The fraction of sp³-hybridized carbons (Fsp3) is 0.440. The number of hydrogen-bond donors (Lipinski definition) is 1. The molecule has 0 aliphatic carbocycles. The first-order chi connectivity index (χ1) is 15.0. The van der Waals surface area contributed by atoms with Gasteiger partial charge in [0.25, 0.3) is 5.91 Å². The summed E-state index contributed by atoms with van der Waals surface area (Å²) in [4.78, 5) is 29.9. The van der Waals surface area contributed by atoms with Gasteiger partial charge in [0.2, 0.25) is 5.91 Å². The molecule has 2 amide bonds. The second kappa shape index (κ2) is 10.3. The fourth-order valence-corrected chi connectivity index (χ4v) is 3.98. The first kappa shape index (κ1) is 22.7. The lowest BCUT2D eigenvalue weighted by atomic mass is 10.1. The lowest BCUT2D eigenvalue weighted by Crippen LogP contribution is -2.53. The summed E-state index contributed by atoms with van der Waals surface area (Å²) in [5.41, 5.74) is 2.81. The lowest BCUT2D eigenvalue weighted by Gasteiger charge is -2.36. The zero-order chi connectivity index (χ0) is 22.4. The number of benzene rings is 2. The number of nitrogens with one attached hydrogen (secondary N) is 1. The molecule has 31 heavy (non-hydrogen) atoms. The standard InChI is InChI=1S/C25H33N3O3/c1-5-19(6-2)26-25(30)23-16-27(21-14-10-11-15-22(21)31-23)17-24(29)28(7-3)20-13-9-8-12-18(20)4/h8-15,19,23H,5-7,16-17H2,1-4H3,(H,26,30). The van der Waals surface area contributed by atoms with E-state index in [0.717, 1.165) is 29.8 Å². The molecule has 6 nitrogen and oxygen atoms in total. The van der Waals surface area contributed by atoms with E-state index in [9.17, 15) is 9.59 Å². The van der Waals surface area contributed by atoms with Crippen molar-refractivity contribution in [1.29, 1.82) is 0 Å². The molecular formula is C25H33N3O3. The average molecular weight is 424 g/mol. The van der Waals surface area contributed by atoms with Gasteiger partial charge in [0, 0.05) is 18.3 Å². The number of para-hydroxylation sites is 3. The van der Waals surface area contributed by atoms with Crippen LogP contribution in [-0.2, 0) is 9.59 Å². The highest BCUT2D eigenvalue weighted by atomic mass is 16.5. The van der Waals surface area contributed by atoms with Crippen molar-refractivity contribution in [1.82, 2.24) is 5.32 Å². The minimum Gasteiger partial charge on any atom is -0.477 e. The Balaban J connectivity index is 1.81. The highest BCUT2D eigenvalue weighted by molar-refractivity contribution is 5.97. The van der Waals surface area contributed by atoms with Crippen LogP contribution >= 0.6 is 0 Å². The third-order valence-corrected chi connectivity index (χ3v) is 5.84. The maximum Gasteiger partial charge on any atom is 0.263 e. The summed E-state index contributed by atoms with van der Waals surface area (Å²) in [5.74, 6) is 0.491. The molecule has 6 heteroatoms. The van der Waals surface area contributed by atoms with Gasteiger partial charge in [-0.1, -0.05) is 44.2 Å². The van der Waals surface area contributed by atoms with E-state index in [1.807, 2.05) is 67.3 Å². The molecule has 1 unspecified atom stereocenters. The summed E-state index contributed by atoms with van der Waals surface area (Å²) in [6.07, 6.45) is 1.09. The van der Waals surface area contributed by atoms with E-state index >= 15 is 0 Å². The number of carbonyl (C=O) groups is 2. The molecule has 2 aromatic carbocycles. The second-order valence-corrected chi connectivity index (χ2v) is 7.90. The summed E-state index contributed by atoms with van der Waals surface area (Å²) < 4.78 is 6.01. The minimum atomic E-state index is -0.656. The molecule has 3 rings (SSSR count). The average Bonchev–Trinajstić information content (AvgIpc) is 2.79. The van der Waals surface area contributed by atoms with Crippen molar-refractivity contribution in [3.8, 4) is 5.75 Å². The van der Waals surface area contributed by atoms with Crippen LogP contribution in [0.1, 0.15) is 39.2 Å². The van der Waals surface area contributed by atoms with Crippen LogP contribution in [0.5, 0.6) is 5.75 Å². The van der Waals surface area contributed by atoms with Gasteiger partial charge in [-0.2, -0.15) is 0 Å². The van der Waals surface area contributed by atoms with Crippen molar-refractivity contribution >= 4 is 23.2 Å². The molecule has 1 aliphatic rings. The number of ether oxygens (including phenoxy) is 1. The molecule has 0 saturated heterocycles. The Bertz CT molecular complexity index is 910. The van der Waals surface area contributed by atoms with Gasteiger partial charge in [0.15, 0.2) is 6.10 Å². The Morgan fingerprint density at radius 2 is 1.77 bits per heavy atom. The summed E-state index contributed by atoms with van der Waals surface area (Å²) >= 11 is 0. The topological polar surface area (TPSA) is 61.9 Å². The van der Waals surface area contributed by atoms with E-state index < -0.39 is 6.10 Å². The first-order valence-electron chi connectivity index (χ1n) is 11.1. The summed E-state index contributed by atoms with van der Waals surface area (Å²) in [7, 11) is 0. The van der Waals surface area contributed by atoms with Crippen LogP contribution in [0.4, 0.5) is 11.4 Å². The number of fused-ring (bicyclic) bond motifs is 1. The van der Waals surface area contributed by atoms with Crippen LogP contribution in [0.25, 0.3) is 0 Å². The highest BCUT2D eigenvalue weighted by Crippen LogP contribution is 2.33. The number of aryl methyl sites for hydroxylation is 1. The van der Waals surface area contributed by atoms with Gasteiger partial charge >= 0.3 is 0 Å². The van der Waals surface area contributed by atoms with Crippen LogP contribution in [-0.4, -0.2) is 43.6 Å². The second-order valence-electron chi connectivity index (χ2n) is 7.90. The van der Waals surface area contributed by atoms with Crippen LogP contribution in [0, 0.1) is 6.92 Å². The predicted molar refractivity (Wildman–Crippen MR) is 125 cm³/mol. The van der Waals surface area contributed by atoms with Crippen molar-refractivity contribution in [2.45, 2.75) is 52.7 Å². The molecule has 2 aromatic rings. The Kier molecular flexibility index (Phi) is 7.55.